The van der Waals surface area contributed by atoms with Gasteiger partial charge in [-0.1, -0.05) is 0 Å². The Morgan fingerprint density at radius 3 is 2.89 bits per heavy atom. The number of nitrogens with zero attached hydrogens (tertiary/aromatic N) is 2. The van der Waals surface area contributed by atoms with Gasteiger partial charge < -0.3 is 9.73 Å². The number of anilines is 1. The standard InChI is InChI=1S/C12H10FN3O2/c13-10-5-8(15-11(17)7-1-2-7)3-4-9(10)12-16-14-6-18-12/h3-7H,1-2H2,(H,15,17). The lowest BCUT2D eigenvalue weighted by Crippen LogP contribution is -2.13. The van der Waals surface area contributed by atoms with Gasteiger partial charge in [0.15, 0.2) is 0 Å². The van der Waals surface area contributed by atoms with Crippen molar-refractivity contribution < 1.29 is 13.6 Å². The van der Waals surface area contributed by atoms with Crippen molar-refractivity contribution in [2.24, 2.45) is 5.92 Å². The summed E-state index contributed by atoms with van der Waals surface area (Å²) in [5.74, 6) is -0.357. The molecule has 0 spiro atoms. The van der Waals surface area contributed by atoms with Crippen LogP contribution in [0, 0.1) is 11.7 Å². The van der Waals surface area contributed by atoms with Gasteiger partial charge in [-0.2, -0.15) is 0 Å². The van der Waals surface area contributed by atoms with Crippen molar-refractivity contribution in [3.05, 3.63) is 30.4 Å². The quantitative estimate of drug-likeness (QED) is 0.903. The van der Waals surface area contributed by atoms with E-state index in [1.165, 1.54) is 12.1 Å². The third-order valence-corrected chi connectivity index (χ3v) is 2.78. The lowest BCUT2D eigenvalue weighted by atomic mass is 10.2. The molecule has 6 heteroatoms. The molecule has 5 nitrogen and oxygen atoms in total. The Bertz CT molecular complexity index is 579. The fourth-order valence-electron chi connectivity index (χ4n) is 1.65. The number of hydrogen-bond donors (Lipinski definition) is 1. The van der Waals surface area contributed by atoms with Crippen molar-refractivity contribution in [2.45, 2.75) is 12.8 Å². The first-order valence-corrected chi connectivity index (χ1v) is 5.61. The fraction of sp³-hybridized carbons (Fsp3) is 0.250. The van der Waals surface area contributed by atoms with Crippen molar-refractivity contribution in [3.63, 3.8) is 0 Å². The van der Waals surface area contributed by atoms with Crippen LogP contribution >= 0.6 is 0 Å². The van der Waals surface area contributed by atoms with E-state index in [-0.39, 0.29) is 23.3 Å². The van der Waals surface area contributed by atoms with Crippen molar-refractivity contribution >= 4 is 11.6 Å². The highest BCUT2D eigenvalue weighted by molar-refractivity contribution is 5.94. The normalized spacial score (nSPS) is 14.5. The van der Waals surface area contributed by atoms with Gasteiger partial charge in [-0.15, -0.1) is 10.2 Å². The molecule has 0 radical (unpaired) electrons. The molecule has 3 rings (SSSR count). The molecular weight excluding hydrogens is 237 g/mol. The van der Waals surface area contributed by atoms with Crippen LogP contribution in [0.3, 0.4) is 0 Å². The zero-order valence-electron chi connectivity index (χ0n) is 9.39. The number of hydrogen-bond acceptors (Lipinski definition) is 4. The summed E-state index contributed by atoms with van der Waals surface area (Å²) >= 11 is 0. The van der Waals surface area contributed by atoms with E-state index in [2.05, 4.69) is 15.5 Å². The van der Waals surface area contributed by atoms with Gasteiger partial charge in [0.1, 0.15) is 5.82 Å². The summed E-state index contributed by atoms with van der Waals surface area (Å²) in [7, 11) is 0. The molecule has 0 saturated heterocycles. The Hall–Kier alpha value is -2.24. The van der Waals surface area contributed by atoms with Crippen LogP contribution in [0.4, 0.5) is 10.1 Å². The number of nitrogens with one attached hydrogen (secondary N) is 1. The van der Waals surface area contributed by atoms with E-state index >= 15 is 0 Å². The van der Waals surface area contributed by atoms with Crippen molar-refractivity contribution in [1.29, 1.82) is 0 Å². The summed E-state index contributed by atoms with van der Waals surface area (Å²) in [5, 5.41) is 9.79. The molecule has 1 aromatic heterocycles. The molecule has 1 N–H and O–H groups in total. The maximum absolute atomic E-state index is 13.8. The van der Waals surface area contributed by atoms with Crippen LogP contribution in [0.1, 0.15) is 12.8 Å². The first kappa shape index (κ1) is 10.9. The number of amides is 1. The molecule has 2 aromatic rings. The Kier molecular flexibility index (Phi) is 2.55. The second-order valence-electron chi connectivity index (χ2n) is 4.20. The van der Waals surface area contributed by atoms with Gasteiger partial charge >= 0.3 is 0 Å². The lowest BCUT2D eigenvalue weighted by molar-refractivity contribution is -0.117. The van der Waals surface area contributed by atoms with Gasteiger partial charge in [0.25, 0.3) is 0 Å². The minimum atomic E-state index is -0.507. The van der Waals surface area contributed by atoms with Crippen molar-refractivity contribution in [1.82, 2.24) is 10.2 Å². The molecule has 1 aliphatic carbocycles. The number of aromatic nitrogens is 2. The number of carbonyl (C=O) groups is 1. The third kappa shape index (κ3) is 2.09. The molecule has 1 aliphatic rings. The van der Waals surface area contributed by atoms with E-state index in [1.807, 2.05) is 0 Å². The monoisotopic (exact) mass is 247 g/mol. The van der Waals surface area contributed by atoms with E-state index < -0.39 is 5.82 Å². The zero-order chi connectivity index (χ0) is 12.5. The smallest absolute Gasteiger partial charge is 0.250 e. The molecule has 0 aliphatic heterocycles. The topological polar surface area (TPSA) is 68.0 Å². The highest BCUT2D eigenvalue weighted by atomic mass is 19.1. The predicted molar refractivity (Wildman–Crippen MR) is 61.0 cm³/mol. The maximum Gasteiger partial charge on any atom is 0.250 e. The highest BCUT2D eigenvalue weighted by Crippen LogP contribution is 2.30. The predicted octanol–water partition coefficient (Wildman–Crippen LogP) is 2.22. The van der Waals surface area contributed by atoms with Gasteiger partial charge in [0, 0.05) is 11.6 Å². The molecular formula is C12H10FN3O2. The fourth-order valence-corrected chi connectivity index (χ4v) is 1.65. The summed E-state index contributed by atoms with van der Waals surface area (Å²) in [6.07, 6.45) is 2.96. The van der Waals surface area contributed by atoms with E-state index in [9.17, 15) is 9.18 Å². The van der Waals surface area contributed by atoms with Crippen molar-refractivity contribution in [3.8, 4) is 11.5 Å². The lowest BCUT2D eigenvalue weighted by Gasteiger charge is -2.05. The minimum absolute atomic E-state index is 0.0556. The van der Waals surface area contributed by atoms with Crippen LogP contribution < -0.4 is 5.32 Å². The van der Waals surface area contributed by atoms with Crippen LogP contribution in [-0.4, -0.2) is 16.1 Å². The van der Waals surface area contributed by atoms with Gasteiger partial charge in [-0.3, -0.25) is 4.79 Å². The van der Waals surface area contributed by atoms with E-state index in [4.69, 9.17) is 4.42 Å². The van der Waals surface area contributed by atoms with E-state index in [0.29, 0.717) is 5.69 Å². The SMILES string of the molecule is O=C(Nc1ccc(-c2nnco2)c(F)c1)C1CC1. The van der Waals surface area contributed by atoms with Crippen LogP contribution in [0.5, 0.6) is 0 Å². The van der Waals surface area contributed by atoms with Crippen molar-refractivity contribution in [2.75, 3.05) is 5.32 Å². The molecule has 1 heterocycles. The van der Waals surface area contributed by atoms with Crippen LogP contribution in [0.25, 0.3) is 11.5 Å². The van der Waals surface area contributed by atoms with Gasteiger partial charge in [0.05, 0.1) is 5.56 Å². The third-order valence-electron chi connectivity index (χ3n) is 2.78. The minimum Gasteiger partial charge on any atom is -0.423 e. The number of benzene rings is 1. The van der Waals surface area contributed by atoms with E-state index in [0.717, 1.165) is 19.2 Å². The molecule has 18 heavy (non-hydrogen) atoms. The van der Waals surface area contributed by atoms with Crippen LogP contribution in [0.15, 0.2) is 29.0 Å². The number of carbonyl (C=O) groups excluding carboxylic acids is 1. The zero-order valence-corrected chi connectivity index (χ0v) is 9.39. The van der Waals surface area contributed by atoms with Gasteiger partial charge in [-0.05, 0) is 31.0 Å². The Balaban J connectivity index is 1.82. The molecule has 0 atom stereocenters. The van der Waals surface area contributed by atoms with Gasteiger partial charge in [0.2, 0.25) is 18.2 Å². The average molecular weight is 247 g/mol. The molecule has 1 aromatic carbocycles. The Morgan fingerprint density at radius 2 is 2.28 bits per heavy atom. The molecule has 0 unspecified atom stereocenters. The molecule has 1 amide bonds. The molecule has 1 fully saturated rings. The Labute approximate surface area is 102 Å². The largest absolute Gasteiger partial charge is 0.423 e. The maximum atomic E-state index is 13.8. The first-order chi connectivity index (χ1) is 8.74. The van der Waals surface area contributed by atoms with E-state index in [1.54, 1.807) is 6.07 Å². The van der Waals surface area contributed by atoms with Crippen LogP contribution in [0.2, 0.25) is 0 Å². The molecule has 0 bridgehead atoms. The molecule has 1 saturated carbocycles. The Morgan fingerprint density at radius 1 is 1.44 bits per heavy atom. The summed E-state index contributed by atoms with van der Waals surface area (Å²) in [6, 6.07) is 4.37. The summed E-state index contributed by atoms with van der Waals surface area (Å²) < 4.78 is 18.7. The molecule has 92 valence electrons. The summed E-state index contributed by atoms with van der Waals surface area (Å²) in [5.41, 5.74) is 0.657. The van der Waals surface area contributed by atoms with Gasteiger partial charge in [-0.25, -0.2) is 4.39 Å². The first-order valence-electron chi connectivity index (χ1n) is 5.61. The highest BCUT2D eigenvalue weighted by Gasteiger charge is 2.29. The second kappa shape index (κ2) is 4.21. The second-order valence-corrected chi connectivity index (χ2v) is 4.20. The number of rotatable bonds is 3. The summed E-state index contributed by atoms with van der Waals surface area (Å²) in [6.45, 7) is 0. The summed E-state index contributed by atoms with van der Waals surface area (Å²) in [4.78, 5) is 11.5. The number of halogens is 1. The average Bonchev–Trinajstić information content (AvgIpc) is 3.07. The van der Waals surface area contributed by atoms with Crippen LogP contribution in [-0.2, 0) is 4.79 Å².